The van der Waals surface area contributed by atoms with Gasteiger partial charge < -0.3 is 24.8 Å². The van der Waals surface area contributed by atoms with Gasteiger partial charge in [0.05, 0.1) is 24.9 Å². The number of likely N-dealkylation sites (tertiary alicyclic amines) is 2. The Labute approximate surface area is 337 Å². The molecular formula is C42H56F2N6O6S. The third-order valence-corrected chi connectivity index (χ3v) is 10.6. The summed E-state index contributed by atoms with van der Waals surface area (Å²) in [5.41, 5.74) is 3.35. The van der Waals surface area contributed by atoms with Crippen molar-refractivity contribution in [1.29, 1.82) is 0 Å². The number of aryl methyl sites for hydroxylation is 1. The van der Waals surface area contributed by atoms with Crippen LogP contribution in [0.1, 0.15) is 84.1 Å². The van der Waals surface area contributed by atoms with Crippen molar-refractivity contribution in [3.05, 3.63) is 71.2 Å². The molecule has 12 nitrogen and oxygen atoms in total. The van der Waals surface area contributed by atoms with Gasteiger partial charge in [0, 0.05) is 72.6 Å². The van der Waals surface area contributed by atoms with Crippen LogP contribution in [0.4, 0.5) is 8.78 Å². The number of H-pyrrole nitrogens is 1. The van der Waals surface area contributed by atoms with Crippen molar-refractivity contribution in [2.24, 2.45) is 5.92 Å². The molecule has 4 amide bonds. The van der Waals surface area contributed by atoms with Crippen LogP contribution in [0, 0.1) is 12.8 Å². The number of carbonyl (C=O) groups excluding carboxylic acids is 4. The first kappa shape index (κ1) is 44.9. The Morgan fingerprint density at radius 2 is 1.81 bits per heavy atom. The number of piperidine rings is 1. The molecule has 3 N–H and O–H groups in total. The summed E-state index contributed by atoms with van der Waals surface area (Å²) in [6, 6.07) is 7.47. The lowest BCUT2D eigenvalue weighted by Gasteiger charge is -2.32. The fourth-order valence-corrected chi connectivity index (χ4v) is 7.23. The molecular weight excluding hydrogens is 755 g/mol. The van der Waals surface area contributed by atoms with Crippen molar-refractivity contribution in [1.82, 2.24) is 29.8 Å². The number of nitrogens with zero attached hydrogens (tertiary/aromatic N) is 3. The van der Waals surface area contributed by atoms with E-state index in [0.29, 0.717) is 30.0 Å². The highest BCUT2D eigenvalue weighted by Gasteiger charge is 2.38. The van der Waals surface area contributed by atoms with Gasteiger partial charge >= 0.3 is 0 Å². The van der Waals surface area contributed by atoms with Crippen molar-refractivity contribution in [3.63, 3.8) is 0 Å². The van der Waals surface area contributed by atoms with Crippen LogP contribution in [0.5, 0.6) is 5.75 Å². The number of ether oxygens (including phenoxy) is 1. The van der Waals surface area contributed by atoms with Crippen LogP contribution in [0.25, 0.3) is 22.2 Å². The number of nitrogens with one attached hydrogen (secondary N) is 3. The van der Waals surface area contributed by atoms with Gasteiger partial charge in [-0.05, 0) is 87.6 Å². The van der Waals surface area contributed by atoms with Gasteiger partial charge in [-0.25, -0.2) is 8.78 Å². The van der Waals surface area contributed by atoms with Crippen LogP contribution < -0.4 is 20.2 Å². The maximum Gasteiger partial charge on any atom is 0.265 e. The Balaban J connectivity index is 0.000000253. The number of hydrogen-bond donors (Lipinski definition) is 3. The third kappa shape index (κ3) is 13.4. The molecule has 1 aliphatic carbocycles. The number of alkyl halides is 2. The number of carbonyl (C=O) groups is 4. The number of pyridine rings is 2. The molecule has 310 valence electrons. The molecule has 3 aromatic rings. The van der Waals surface area contributed by atoms with Crippen LogP contribution in [0.2, 0.25) is 0 Å². The summed E-state index contributed by atoms with van der Waals surface area (Å²) in [6.45, 7) is 12.1. The Kier molecular flexibility index (Phi) is 16.6. The largest absolute Gasteiger partial charge is 0.496 e. The Bertz CT molecular complexity index is 1920. The highest BCUT2D eigenvalue weighted by molar-refractivity contribution is 7.98. The van der Waals surface area contributed by atoms with Crippen molar-refractivity contribution in [2.75, 3.05) is 26.7 Å². The van der Waals surface area contributed by atoms with E-state index in [1.807, 2.05) is 25.1 Å². The zero-order valence-electron chi connectivity index (χ0n) is 33.6. The monoisotopic (exact) mass is 810 g/mol. The number of methoxy groups -OCH3 is 1. The van der Waals surface area contributed by atoms with Gasteiger partial charge in [-0.15, -0.1) is 6.58 Å². The number of fused-ring (bicyclic) bond motifs is 1. The molecule has 2 aromatic heterocycles. The molecule has 1 aromatic carbocycles. The summed E-state index contributed by atoms with van der Waals surface area (Å²) >= 11 is 1.36. The van der Waals surface area contributed by atoms with Crippen molar-refractivity contribution in [3.8, 4) is 17.0 Å². The molecule has 4 heterocycles. The minimum atomic E-state index is -2.89. The molecule has 2 aliphatic heterocycles. The molecule has 1 unspecified atom stereocenters. The molecule has 0 radical (unpaired) electrons. The number of halogens is 2. The minimum absolute atomic E-state index is 0.0108. The van der Waals surface area contributed by atoms with E-state index >= 15 is 0 Å². The number of amides is 4. The van der Waals surface area contributed by atoms with E-state index in [4.69, 9.17) is 4.74 Å². The van der Waals surface area contributed by atoms with E-state index in [-0.39, 0.29) is 55.9 Å². The van der Waals surface area contributed by atoms with E-state index in [2.05, 4.69) is 47.4 Å². The molecule has 1 saturated carbocycles. The molecule has 2 atom stereocenters. The molecule has 2 saturated heterocycles. The van der Waals surface area contributed by atoms with Crippen molar-refractivity contribution in [2.45, 2.75) is 109 Å². The first-order valence-electron chi connectivity index (χ1n) is 19.6. The molecule has 0 spiro atoms. The van der Waals surface area contributed by atoms with E-state index in [1.165, 1.54) is 16.8 Å². The predicted octanol–water partition coefficient (Wildman–Crippen LogP) is 6.57. The summed E-state index contributed by atoms with van der Waals surface area (Å²) in [7, 11) is 1.62. The SMILES string of the molecule is C=CCC(NC(=O)[C@@H]1CCCN1C(=O)CCC(=O)N1CCCC(F)(F)C1)C(=O)NSC1CC1.CC(C)C.COc1ccc2c(=O)cc(-c3cccnc3)[nH]c2c1C. The standard InChI is InChI=1S/C22H32F2N4O4S.C16H14N2O2.C4H10/c1-2-5-16(20(31)26-33-15-7-8-15)25-21(32)17-6-3-13-28(17)19(30)10-9-18(29)27-12-4-11-22(23,24)14-27;1-10-15(20-2)6-5-12-14(19)8-13(18-16(10)12)11-4-3-7-17-9-11;1-4(2)3/h2,15-17H,1,3-14H2,(H,25,32)(H,26,31);3-9H,1-2H3,(H,18,19);4H,1-3H3/t16?,17-;;/m0../s1. The van der Waals surface area contributed by atoms with E-state index < -0.39 is 36.4 Å². The Morgan fingerprint density at radius 1 is 1.09 bits per heavy atom. The fourth-order valence-electron chi connectivity index (χ4n) is 6.43. The van der Waals surface area contributed by atoms with Gasteiger partial charge in [0.15, 0.2) is 5.43 Å². The first-order chi connectivity index (χ1) is 27.1. The summed E-state index contributed by atoms with van der Waals surface area (Å²) in [5.74, 6) is -2.85. The molecule has 15 heteroatoms. The number of rotatable bonds is 12. The zero-order valence-corrected chi connectivity index (χ0v) is 34.4. The first-order valence-corrected chi connectivity index (χ1v) is 20.4. The number of aromatic amines is 1. The highest BCUT2D eigenvalue weighted by atomic mass is 32.2. The number of hydrogen-bond acceptors (Lipinski definition) is 8. The van der Waals surface area contributed by atoms with Gasteiger partial charge in [0.2, 0.25) is 17.7 Å². The van der Waals surface area contributed by atoms with Crippen molar-refractivity contribution < 1.29 is 32.7 Å². The summed E-state index contributed by atoms with van der Waals surface area (Å²) in [5, 5.41) is 3.82. The van der Waals surface area contributed by atoms with Gasteiger partial charge in [-0.3, -0.25) is 33.7 Å². The topological polar surface area (TPSA) is 154 Å². The number of aromatic nitrogens is 2. The predicted molar refractivity (Wildman–Crippen MR) is 220 cm³/mol. The van der Waals surface area contributed by atoms with Gasteiger partial charge in [-0.1, -0.05) is 26.8 Å². The van der Waals surface area contributed by atoms with E-state index in [9.17, 15) is 32.8 Å². The summed E-state index contributed by atoms with van der Waals surface area (Å²) in [4.78, 5) is 72.5. The smallest absolute Gasteiger partial charge is 0.265 e. The summed E-state index contributed by atoms with van der Waals surface area (Å²) in [6.07, 6.45) is 8.16. The van der Waals surface area contributed by atoms with Crippen LogP contribution in [-0.4, -0.2) is 93.4 Å². The second kappa shape index (κ2) is 21.1. The molecule has 3 fully saturated rings. The van der Waals surface area contributed by atoms with Crippen LogP contribution in [0.3, 0.4) is 0 Å². The zero-order chi connectivity index (χ0) is 41.7. The average molecular weight is 811 g/mol. The number of benzene rings is 1. The minimum Gasteiger partial charge on any atom is -0.496 e. The lowest BCUT2D eigenvalue weighted by molar-refractivity contribution is -0.145. The van der Waals surface area contributed by atoms with Crippen LogP contribution >= 0.6 is 11.9 Å². The lowest BCUT2D eigenvalue weighted by atomic mass is 10.1. The van der Waals surface area contributed by atoms with Crippen molar-refractivity contribution >= 4 is 46.5 Å². The maximum atomic E-state index is 13.6. The maximum absolute atomic E-state index is 13.6. The highest BCUT2D eigenvalue weighted by Crippen LogP contribution is 2.32. The van der Waals surface area contributed by atoms with Crippen LogP contribution in [0.15, 0.2) is 60.2 Å². The second-order valence-electron chi connectivity index (χ2n) is 15.2. The average Bonchev–Trinajstić information content (AvgIpc) is 3.88. The van der Waals surface area contributed by atoms with Gasteiger partial charge in [0.1, 0.15) is 17.8 Å². The third-order valence-electron chi connectivity index (χ3n) is 9.47. The van der Waals surface area contributed by atoms with Gasteiger partial charge in [-0.2, -0.15) is 0 Å². The second-order valence-corrected chi connectivity index (χ2v) is 16.3. The normalized spacial score (nSPS) is 17.7. The molecule has 57 heavy (non-hydrogen) atoms. The molecule has 3 aliphatic rings. The lowest BCUT2D eigenvalue weighted by Crippen LogP contribution is -2.52. The Morgan fingerprint density at radius 3 is 2.44 bits per heavy atom. The molecule has 6 rings (SSSR count). The molecule has 0 bridgehead atoms. The quantitative estimate of drug-likeness (QED) is 0.137. The Hall–Kier alpha value is -4.79. The summed E-state index contributed by atoms with van der Waals surface area (Å²) < 4.78 is 35.2. The fraction of sp³-hybridized carbons (Fsp3) is 0.524. The van der Waals surface area contributed by atoms with Crippen LogP contribution in [-0.2, 0) is 19.2 Å². The van der Waals surface area contributed by atoms with E-state index in [0.717, 1.165) is 51.7 Å². The van der Waals surface area contributed by atoms with E-state index in [1.54, 1.807) is 37.7 Å². The van der Waals surface area contributed by atoms with Gasteiger partial charge in [0.25, 0.3) is 11.8 Å².